The highest BCUT2D eigenvalue weighted by atomic mass is 32.1. The van der Waals surface area contributed by atoms with E-state index in [1.165, 1.54) is 6.07 Å². The minimum absolute atomic E-state index is 0.195. The highest BCUT2D eigenvalue weighted by Crippen LogP contribution is 2.31. The second kappa shape index (κ2) is 7.18. The largest absolute Gasteiger partial charge is 0.495 e. The Kier molecular flexibility index (Phi) is 5.00. The third-order valence-corrected chi connectivity index (χ3v) is 4.48. The monoisotopic (exact) mass is 344 g/mol. The van der Waals surface area contributed by atoms with Gasteiger partial charge in [0.2, 0.25) is 0 Å². The Morgan fingerprint density at radius 1 is 1.29 bits per heavy atom. The van der Waals surface area contributed by atoms with Gasteiger partial charge in [-0.15, -0.1) is 0 Å². The Morgan fingerprint density at radius 2 is 2.04 bits per heavy atom. The predicted molar refractivity (Wildman–Crippen MR) is 98.9 cm³/mol. The molecule has 3 rings (SSSR count). The number of rotatable bonds is 5. The number of hydrogen-bond donors (Lipinski definition) is 1. The summed E-state index contributed by atoms with van der Waals surface area (Å²) in [5.74, 6) is 0.545. The smallest absolute Gasteiger partial charge is 0.174 e. The maximum absolute atomic E-state index is 14.0. The van der Waals surface area contributed by atoms with Crippen LogP contribution >= 0.6 is 12.2 Å². The average molecular weight is 344 g/mol. The fourth-order valence-corrected chi connectivity index (χ4v) is 2.99. The highest BCUT2D eigenvalue weighted by Gasteiger charge is 2.31. The van der Waals surface area contributed by atoms with Crippen molar-refractivity contribution in [1.82, 2.24) is 4.90 Å². The molecule has 24 heavy (non-hydrogen) atoms. The fourth-order valence-electron chi connectivity index (χ4n) is 2.67. The molecule has 3 nitrogen and oxygen atoms in total. The number of thiocarbonyl (C=S) groups is 1. The van der Waals surface area contributed by atoms with Crippen molar-refractivity contribution in [2.24, 2.45) is 0 Å². The number of ether oxygens (including phenoxy) is 1. The van der Waals surface area contributed by atoms with Crippen molar-refractivity contribution in [2.75, 3.05) is 12.4 Å². The summed E-state index contributed by atoms with van der Waals surface area (Å²) in [4.78, 5) is 2.06. The first kappa shape index (κ1) is 16.7. The number of methoxy groups -OCH3 is 1. The van der Waals surface area contributed by atoms with Gasteiger partial charge in [-0.1, -0.05) is 24.3 Å². The van der Waals surface area contributed by atoms with Crippen LogP contribution in [-0.4, -0.2) is 23.2 Å². The van der Waals surface area contributed by atoms with Crippen LogP contribution in [0.4, 0.5) is 10.1 Å². The molecular weight excluding hydrogens is 323 g/mol. The zero-order valence-electron chi connectivity index (χ0n) is 13.9. The van der Waals surface area contributed by atoms with Gasteiger partial charge in [0.05, 0.1) is 12.8 Å². The summed E-state index contributed by atoms with van der Waals surface area (Å²) in [7, 11) is 1.64. The summed E-state index contributed by atoms with van der Waals surface area (Å²) >= 11 is 5.60. The van der Waals surface area contributed by atoms with Gasteiger partial charge < -0.3 is 15.0 Å². The SMILES string of the molecule is COc1ccc(C)cc1NC(=S)N(Cc1ccccc1F)C1CC1. The van der Waals surface area contributed by atoms with E-state index in [0.29, 0.717) is 23.3 Å². The number of nitrogens with zero attached hydrogens (tertiary/aromatic N) is 1. The number of hydrogen-bond acceptors (Lipinski definition) is 2. The summed E-state index contributed by atoms with van der Waals surface area (Å²) < 4.78 is 19.4. The molecule has 0 spiro atoms. The van der Waals surface area contributed by atoms with Gasteiger partial charge >= 0.3 is 0 Å². The van der Waals surface area contributed by atoms with E-state index in [4.69, 9.17) is 17.0 Å². The summed E-state index contributed by atoms with van der Waals surface area (Å²) in [6.45, 7) is 2.49. The van der Waals surface area contributed by atoms with Gasteiger partial charge in [-0.25, -0.2) is 4.39 Å². The molecule has 1 fully saturated rings. The van der Waals surface area contributed by atoms with E-state index in [0.717, 1.165) is 29.8 Å². The maximum atomic E-state index is 14.0. The van der Waals surface area contributed by atoms with E-state index in [1.54, 1.807) is 19.2 Å². The Morgan fingerprint density at radius 3 is 2.71 bits per heavy atom. The Bertz CT molecular complexity index is 746. The summed E-state index contributed by atoms with van der Waals surface area (Å²) in [6.07, 6.45) is 2.17. The molecule has 0 unspecified atom stereocenters. The molecule has 2 aromatic carbocycles. The van der Waals surface area contributed by atoms with Crippen LogP contribution in [-0.2, 0) is 6.54 Å². The van der Waals surface area contributed by atoms with Crippen LogP contribution in [0.5, 0.6) is 5.75 Å². The quantitative estimate of drug-likeness (QED) is 0.807. The molecule has 2 aromatic rings. The Labute approximate surface area is 147 Å². The van der Waals surface area contributed by atoms with Crippen molar-refractivity contribution in [2.45, 2.75) is 32.4 Å². The zero-order valence-corrected chi connectivity index (χ0v) is 14.7. The molecule has 5 heteroatoms. The van der Waals surface area contributed by atoms with Gasteiger partial charge in [-0.2, -0.15) is 0 Å². The van der Waals surface area contributed by atoms with E-state index >= 15 is 0 Å². The van der Waals surface area contributed by atoms with Gasteiger partial charge in [0.25, 0.3) is 0 Å². The standard InChI is InChI=1S/C19H21FN2OS/c1-13-7-10-18(23-2)17(11-13)21-19(24)22(15-8-9-15)12-14-5-3-4-6-16(14)20/h3-7,10-11,15H,8-9,12H2,1-2H3,(H,21,24). The molecule has 0 bridgehead atoms. The Balaban J connectivity index is 1.78. The van der Waals surface area contributed by atoms with E-state index in [-0.39, 0.29) is 5.82 Å². The number of nitrogens with one attached hydrogen (secondary N) is 1. The van der Waals surface area contributed by atoms with Crippen molar-refractivity contribution in [1.29, 1.82) is 0 Å². The van der Waals surface area contributed by atoms with E-state index in [2.05, 4.69) is 10.2 Å². The van der Waals surface area contributed by atoms with E-state index < -0.39 is 0 Å². The molecular formula is C19H21FN2OS. The third-order valence-electron chi connectivity index (χ3n) is 4.14. The van der Waals surface area contributed by atoms with Gasteiger partial charge in [-0.3, -0.25) is 0 Å². The highest BCUT2D eigenvalue weighted by molar-refractivity contribution is 7.80. The second-order valence-corrected chi connectivity index (χ2v) is 6.47. The van der Waals surface area contributed by atoms with E-state index in [1.807, 2.05) is 31.2 Å². The van der Waals surface area contributed by atoms with Gasteiger partial charge in [-0.05, 0) is 55.7 Å². The first-order valence-electron chi connectivity index (χ1n) is 8.04. The summed E-state index contributed by atoms with van der Waals surface area (Å²) in [5.41, 5.74) is 2.61. The summed E-state index contributed by atoms with van der Waals surface area (Å²) in [5, 5.41) is 3.87. The average Bonchev–Trinajstić information content (AvgIpc) is 3.39. The molecule has 0 amide bonds. The first-order valence-corrected chi connectivity index (χ1v) is 8.45. The normalized spacial score (nSPS) is 13.5. The van der Waals surface area contributed by atoms with Crippen LogP contribution < -0.4 is 10.1 Å². The van der Waals surface area contributed by atoms with Crippen LogP contribution in [0.1, 0.15) is 24.0 Å². The van der Waals surface area contributed by atoms with Gasteiger partial charge in [0, 0.05) is 18.2 Å². The predicted octanol–water partition coefficient (Wildman–Crippen LogP) is 4.50. The molecule has 0 aromatic heterocycles. The van der Waals surface area contributed by atoms with Crippen molar-refractivity contribution < 1.29 is 9.13 Å². The number of benzene rings is 2. The fraction of sp³-hybridized carbons (Fsp3) is 0.316. The first-order chi connectivity index (χ1) is 11.6. The van der Waals surface area contributed by atoms with Crippen LogP contribution in [0.3, 0.4) is 0 Å². The van der Waals surface area contributed by atoms with E-state index in [9.17, 15) is 4.39 Å². The van der Waals surface area contributed by atoms with Crippen LogP contribution in [0.2, 0.25) is 0 Å². The lowest BCUT2D eigenvalue weighted by atomic mass is 10.2. The number of halogens is 1. The number of aryl methyl sites for hydroxylation is 1. The molecule has 1 N–H and O–H groups in total. The lowest BCUT2D eigenvalue weighted by Crippen LogP contribution is -2.36. The van der Waals surface area contributed by atoms with Gasteiger partial charge in [0.1, 0.15) is 11.6 Å². The molecule has 0 radical (unpaired) electrons. The second-order valence-electron chi connectivity index (χ2n) is 6.08. The molecule has 0 atom stereocenters. The molecule has 0 heterocycles. The summed E-state index contributed by atoms with van der Waals surface area (Å²) in [6, 6.07) is 13.1. The minimum atomic E-state index is -0.195. The van der Waals surface area contributed by atoms with Crippen LogP contribution in [0, 0.1) is 12.7 Å². The third kappa shape index (κ3) is 3.85. The van der Waals surface area contributed by atoms with Crippen molar-refractivity contribution in [3.63, 3.8) is 0 Å². The van der Waals surface area contributed by atoms with Crippen molar-refractivity contribution in [3.05, 3.63) is 59.4 Å². The molecule has 0 saturated heterocycles. The van der Waals surface area contributed by atoms with Gasteiger partial charge in [0.15, 0.2) is 5.11 Å². The maximum Gasteiger partial charge on any atom is 0.174 e. The molecule has 1 saturated carbocycles. The molecule has 0 aliphatic heterocycles. The minimum Gasteiger partial charge on any atom is -0.495 e. The zero-order chi connectivity index (χ0) is 17.1. The lowest BCUT2D eigenvalue weighted by molar-refractivity contribution is 0.398. The molecule has 1 aliphatic rings. The van der Waals surface area contributed by atoms with Crippen LogP contribution in [0.15, 0.2) is 42.5 Å². The van der Waals surface area contributed by atoms with Crippen LogP contribution in [0.25, 0.3) is 0 Å². The van der Waals surface area contributed by atoms with Crippen molar-refractivity contribution in [3.8, 4) is 5.75 Å². The molecule has 126 valence electrons. The topological polar surface area (TPSA) is 24.5 Å². The molecule has 1 aliphatic carbocycles. The number of anilines is 1. The Hall–Kier alpha value is -2.14. The lowest BCUT2D eigenvalue weighted by Gasteiger charge is -2.26. The van der Waals surface area contributed by atoms with Crippen molar-refractivity contribution >= 4 is 23.0 Å².